The van der Waals surface area contributed by atoms with Gasteiger partial charge in [0.05, 0.1) is 19.0 Å². The zero-order valence-corrected chi connectivity index (χ0v) is 17.5. The first-order valence-electron chi connectivity index (χ1n) is 7.62. The van der Waals surface area contributed by atoms with E-state index in [0.29, 0.717) is 18.0 Å². The molecular weight excluding hydrogens is 409 g/mol. The number of alkyl halides is 3. The van der Waals surface area contributed by atoms with Crippen LogP contribution in [0.25, 0.3) is 0 Å². The Hall–Kier alpha value is -1.73. The van der Waals surface area contributed by atoms with Gasteiger partial charge in [0.2, 0.25) is 14.2 Å². The Labute approximate surface area is 156 Å². The van der Waals surface area contributed by atoms with Gasteiger partial charge in [-0.2, -0.15) is 21.6 Å². The summed E-state index contributed by atoms with van der Waals surface area (Å²) in [6.07, 6.45) is 1.97. The molecule has 1 aromatic rings. The zero-order chi connectivity index (χ0) is 21.3. The number of cyclic esters (lactones) is 1. The van der Waals surface area contributed by atoms with Gasteiger partial charge in [-0.25, -0.2) is 14.8 Å². The van der Waals surface area contributed by atoms with E-state index in [0.717, 1.165) is 0 Å². The van der Waals surface area contributed by atoms with Crippen molar-refractivity contribution in [1.29, 1.82) is 0 Å². The van der Waals surface area contributed by atoms with E-state index in [1.807, 2.05) is 13.8 Å². The number of esters is 1. The molecule has 0 radical (unpaired) electrons. The minimum Gasteiger partial charge on any atom is -0.480 e. The Morgan fingerprint density at radius 2 is 1.81 bits per heavy atom. The van der Waals surface area contributed by atoms with Crippen molar-refractivity contribution in [1.82, 2.24) is 9.97 Å². The third-order valence-electron chi connectivity index (χ3n) is 2.83. The summed E-state index contributed by atoms with van der Waals surface area (Å²) in [5.74, 6) is -0.00402. The van der Waals surface area contributed by atoms with Crippen LogP contribution in [0, 0.1) is 0 Å². The first kappa shape index (κ1) is 23.3. The Morgan fingerprint density at radius 3 is 2.22 bits per heavy atom. The fourth-order valence-corrected chi connectivity index (χ4v) is 4.93. The van der Waals surface area contributed by atoms with Gasteiger partial charge >= 0.3 is 21.6 Å². The Bertz CT molecular complexity index is 806. The quantitative estimate of drug-likeness (QED) is 0.409. The predicted molar refractivity (Wildman–Crippen MR) is 91.2 cm³/mol. The Balaban J connectivity index is 0.000000279. The standard InChI is InChI=1S/C10H12N2O3.C4H9F3O3SSi/c1-10(2)4-6-8(9(13)15-10)11-5-7(12-6)14-3;1-12(2,3)10-11(8,9)4(5,6)7/h5H,4H2,1-3H3;1-3H3. The van der Waals surface area contributed by atoms with E-state index < -0.39 is 35.5 Å². The number of fused-ring (bicyclic) bond motifs is 1. The summed E-state index contributed by atoms with van der Waals surface area (Å²) < 4.78 is 69.9. The predicted octanol–water partition coefficient (Wildman–Crippen LogP) is 2.66. The Kier molecular flexibility index (Phi) is 6.66. The molecule has 0 saturated heterocycles. The highest BCUT2D eigenvalue weighted by Gasteiger charge is 2.49. The van der Waals surface area contributed by atoms with E-state index in [4.69, 9.17) is 9.47 Å². The minimum atomic E-state index is -5.39. The second-order valence-electron chi connectivity index (χ2n) is 7.13. The lowest BCUT2D eigenvalue weighted by Crippen LogP contribution is -2.37. The molecule has 0 fully saturated rings. The van der Waals surface area contributed by atoms with Crippen LogP contribution < -0.4 is 4.74 Å². The van der Waals surface area contributed by atoms with E-state index in [2.05, 4.69) is 13.8 Å². The maximum absolute atomic E-state index is 11.7. The van der Waals surface area contributed by atoms with Crippen LogP contribution in [0.15, 0.2) is 6.20 Å². The zero-order valence-electron chi connectivity index (χ0n) is 15.7. The van der Waals surface area contributed by atoms with Crippen LogP contribution in [0.3, 0.4) is 0 Å². The monoisotopic (exact) mass is 430 g/mol. The molecule has 0 atom stereocenters. The molecule has 0 spiro atoms. The van der Waals surface area contributed by atoms with Crippen LogP contribution >= 0.6 is 0 Å². The molecule has 0 aromatic carbocycles. The van der Waals surface area contributed by atoms with Gasteiger partial charge in [-0.1, -0.05) is 0 Å². The maximum atomic E-state index is 11.7. The number of carbonyl (C=O) groups excluding carboxylic acids is 1. The lowest BCUT2D eigenvalue weighted by Gasteiger charge is -2.29. The summed E-state index contributed by atoms with van der Waals surface area (Å²) in [5.41, 5.74) is -4.91. The van der Waals surface area contributed by atoms with Crippen molar-refractivity contribution >= 4 is 24.4 Å². The van der Waals surface area contributed by atoms with Crippen molar-refractivity contribution in [2.45, 2.75) is 51.0 Å². The summed E-state index contributed by atoms with van der Waals surface area (Å²) in [6.45, 7) is 7.76. The van der Waals surface area contributed by atoms with Gasteiger partial charge in [0.1, 0.15) is 5.60 Å². The highest BCUT2D eigenvalue weighted by atomic mass is 32.2. The fraction of sp³-hybridized carbons (Fsp3) is 0.643. The largest absolute Gasteiger partial charge is 0.522 e. The van der Waals surface area contributed by atoms with Crippen molar-refractivity contribution in [3.05, 3.63) is 17.6 Å². The Morgan fingerprint density at radius 1 is 1.26 bits per heavy atom. The third-order valence-corrected chi connectivity index (χ3v) is 6.28. The van der Waals surface area contributed by atoms with Crippen molar-refractivity contribution < 1.29 is 39.7 Å². The van der Waals surface area contributed by atoms with Gasteiger partial charge < -0.3 is 13.3 Å². The molecule has 13 heteroatoms. The van der Waals surface area contributed by atoms with E-state index in [-0.39, 0.29) is 5.69 Å². The van der Waals surface area contributed by atoms with Crippen molar-refractivity contribution in [3.63, 3.8) is 0 Å². The molecular formula is C14H21F3N2O6SSi. The number of rotatable bonds is 3. The maximum Gasteiger partial charge on any atom is 0.522 e. The van der Waals surface area contributed by atoms with Crippen LogP contribution in [0.2, 0.25) is 19.6 Å². The molecule has 0 amide bonds. The van der Waals surface area contributed by atoms with Crippen molar-refractivity contribution in [2.75, 3.05) is 7.11 Å². The van der Waals surface area contributed by atoms with Crippen molar-refractivity contribution in [3.8, 4) is 5.88 Å². The molecule has 0 bridgehead atoms. The van der Waals surface area contributed by atoms with E-state index >= 15 is 0 Å². The van der Waals surface area contributed by atoms with E-state index in [9.17, 15) is 26.4 Å². The van der Waals surface area contributed by atoms with Gasteiger partial charge in [0.15, 0.2) is 5.69 Å². The normalized spacial score (nSPS) is 16.6. The lowest BCUT2D eigenvalue weighted by atomic mass is 9.98. The molecule has 8 nitrogen and oxygen atoms in total. The van der Waals surface area contributed by atoms with Crippen LogP contribution in [0.1, 0.15) is 30.0 Å². The van der Waals surface area contributed by atoms with Crippen LogP contribution in [-0.2, 0) is 25.1 Å². The SMILES string of the molecule is COc1cnc2c(n1)CC(C)(C)OC2=O.C[Si](C)(C)OS(=O)(=O)C(F)(F)F. The number of hydrogen-bond acceptors (Lipinski definition) is 8. The van der Waals surface area contributed by atoms with Crippen LogP contribution in [-0.4, -0.2) is 50.9 Å². The molecule has 0 N–H and O–H groups in total. The first-order valence-corrected chi connectivity index (χ1v) is 12.4. The van der Waals surface area contributed by atoms with Gasteiger partial charge in [0, 0.05) is 6.42 Å². The van der Waals surface area contributed by atoms with Gasteiger partial charge in [-0.15, -0.1) is 0 Å². The number of carbonyl (C=O) groups is 1. The van der Waals surface area contributed by atoms with Gasteiger partial charge in [-0.05, 0) is 33.5 Å². The molecule has 1 aromatic heterocycles. The summed E-state index contributed by atoms with van der Waals surface area (Å²) >= 11 is 0. The van der Waals surface area contributed by atoms with Gasteiger partial charge in [-0.3, -0.25) is 0 Å². The molecule has 27 heavy (non-hydrogen) atoms. The van der Waals surface area contributed by atoms with E-state index in [1.54, 1.807) is 0 Å². The second-order valence-corrected chi connectivity index (χ2v) is 13.4. The van der Waals surface area contributed by atoms with Crippen LogP contribution in [0.4, 0.5) is 13.2 Å². The number of halogens is 3. The third kappa shape index (κ3) is 6.73. The summed E-state index contributed by atoms with van der Waals surface area (Å²) in [6, 6.07) is 0. The summed E-state index contributed by atoms with van der Waals surface area (Å²) in [7, 11) is -6.59. The molecule has 1 aliphatic heterocycles. The van der Waals surface area contributed by atoms with Crippen LogP contribution in [0.5, 0.6) is 5.88 Å². The highest BCUT2D eigenvalue weighted by Crippen LogP contribution is 2.27. The average molecular weight is 430 g/mol. The summed E-state index contributed by atoms with van der Waals surface area (Å²) in [4.78, 5) is 19.7. The number of ether oxygens (including phenoxy) is 2. The molecule has 0 aliphatic carbocycles. The second kappa shape index (κ2) is 7.71. The van der Waals surface area contributed by atoms with Crippen molar-refractivity contribution in [2.24, 2.45) is 0 Å². The number of nitrogens with zero attached hydrogens (tertiary/aromatic N) is 2. The fourth-order valence-electron chi connectivity index (χ4n) is 1.92. The van der Waals surface area contributed by atoms with E-state index in [1.165, 1.54) is 32.9 Å². The number of hydrogen-bond donors (Lipinski definition) is 0. The molecule has 1 aliphatic rings. The number of methoxy groups -OCH3 is 1. The van der Waals surface area contributed by atoms with Gasteiger partial charge in [0.25, 0.3) is 0 Å². The molecule has 2 heterocycles. The number of aromatic nitrogens is 2. The first-order chi connectivity index (χ1) is 12.0. The smallest absolute Gasteiger partial charge is 0.480 e. The summed E-state index contributed by atoms with van der Waals surface area (Å²) in [5, 5.41) is 0. The molecule has 0 unspecified atom stereocenters. The molecule has 0 saturated carbocycles. The topological polar surface area (TPSA) is 105 Å². The average Bonchev–Trinajstić information content (AvgIpc) is 2.42. The highest BCUT2D eigenvalue weighted by molar-refractivity contribution is 7.88. The molecule has 2 rings (SSSR count). The lowest BCUT2D eigenvalue weighted by molar-refractivity contribution is -0.0503. The molecule has 154 valence electrons. The minimum absolute atomic E-state index is 0.287.